The van der Waals surface area contributed by atoms with E-state index in [-0.39, 0.29) is 0 Å². The van der Waals surface area contributed by atoms with Gasteiger partial charge in [0.05, 0.1) is 0 Å². The molecule has 274 valence electrons. The Bertz CT molecular complexity index is 2900. The minimum atomic E-state index is 1.10. The van der Waals surface area contributed by atoms with Gasteiger partial charge in [0.25, 0.3) is 0 Å². The van der Waals surface area contributed by atoms with Gasteiger partial charge in [-0.15, -0.1) is 0 Å². The van der Waals surface area contributed by atoms with Crippen LogP contribution in [0.2, 0.25) is 0 Å². The molecule has 0 radical (unpaired) electrons. The minimum Gasteiger partial charge on any atom is -0.311 e. The molecular formula is C56H40N2. The van der Waals surface area contributed by atoms with Crippen molar-refractivity contribution >= 4 is 55.7 Å². The first-order valence-electron chi connectivity index (χ1n) is 19.8. The summed E-state index contributed by atoms with van der Waals surface area (Å²) in [4.78, 5) is 4.62. The molecule has 0 fully saturated rings. The number of hydrogen-bond acceptors (Lipinski definition) is 2. The molecule has 0 atom stereocenters. The average Bonchev–Trinajstić information content (AvgIpc) is 3.31. The highest BCUT2D eigenvalue weighted by molar-refractivity contribution is 6.14. The second-order valence-electron chi connectivity index (χ2n) is 14.6. The summed E-state index contributed by atoms with van der Waals surface area (Å²) < 4.78 is 0. The minimum absolute atomic E-state index is 1.10. The highest BCUT2D eigenvalue weighted by atomic mass is 15.1. The summed E-state index contributed by atoms with van der Waals surface area (Å²) in [6.07, 6.45) is 0. The van der Waals surface area contributed by atoms with E-state index in [2.05, 4.69) is 252 Å². The van der Waals surface area contributed by atoms with Gasteiger partial charge in [-0.1, -0.05) is 158 Å². The first kappa shape index (κ1) is 34.8. The maximum Gasteiger partial charge on any atom is 0.0462 e. The highest BCUT2D eigenvalue weighted by Gasteiger charge is 2.16. The van der Waals surface area contributed by atoms with Crippen LogP contribution >= 0.6 is 0 Å². The number of benzene rings is 10. The van der Waals surface area contributed by atoms with Gasteiger partial charge in [-0.25, -0.2) is 0 Å². The molecule has 58 heavy (non-hydrogen) atoms. The summed E-state index contributed by atoms with van der Waals surface area (Å²) >= 11 is 0. The van der Waals surface area contributed by atoms with Crippen LogP contribution in [0.4, 0.5) is 34.1 Å². The van der Waals surface area contributed by atoms with Gasteiger partial charge in [-0.05, 0) is 140 Å². The normalized spacial score (nSPS) is 11.1. The van der Waals surface area contributed by atoms with Crippen LogP contribution in [0.15, 0.2) is 243 Å². The average molecular weight is 741 g/mol. The molecule has 0 heterocycles. The number of fused-ring (bicyclic) bond motifs is 3. The molecule has 0 bridgehead atoms. The molecule has 0 N–H and O–H groups in total. The summed E-state index contributed by atoms with van der Waals surface area (Å²) in [5.41, 5.74) is 13.9. The van der Waals surface area contributed by atoms with Crippen molar-refractivity contribution in [3.63, 3.8) is 0 Å². The quantitative estimate of drug-likeness (QED) is 0.136. The Morgan fingerprint density at radius 1 is 0.207 bits per heavy atom. The molecule has 0 amide bonds. The number of rotatable bonds is 9. The van der Waals surface area contributed by atoms with Crippen molar-refractivity contribution in [2.45, 2.75) is 0 Å². The summed E-state index contributed by atoms with van der Waals surface area (Å²) in [5.74, 6) is 0. The first-order valence-corrected chi connectivity index (χ1v) is 19.8. The molecule has 2 heteroatoms. The van der Waals surface area contributed by atoms with Gasteiger partial charge in [0.2, 0.25) is 0 Å². The molecule has 2 nitrogen and oxygen atoms in total. The van der Waals surface area contributed by atoms with E-state index in [4.69, 9.17) is 0 Å². The van der Waals surface area contributed by atoms with Gasteiger partial charge in [0, 0.05) is 34.1 Å². The molecular weight excluding hydrogens is 701 g/mol. The third kappa shape index (κ3) is 6.78. The SMILES string of the molecule is c1ccc(-c2cc3ccccc3c3ccc(-c4ccc(N(c5ccccc5)c5ccc(-c6ccc(N(c7ccccc7)c7ccccc7)cc6)cc5)cc4)cc23)cc1. The summed E-state index contributed by atoms with van der Waals surface area (Å²) in [7, 11) is 0. The summed E-state index contributed by atoms with van der Waals surface area (Å²) in [5, 5.41) is 5.07. The van der Waals surface area contributed by atoms with E-state index in [1.54, 1.807) is 0 Å². The molecule has 0 saturated carbocycles. The van der Waals surface area contributed by atoms with Gasteiger partial charge in [0.1, 0.15) is 0 Å². The molecule has 0 spiro atoms. The van der Waals surface area contributed by atoms with Crippen molar-refractivity contribution < 1.29 is 0 Å². The molecule has 0 unspecified atom stereocenters. The van der Waals surface area contributed by atoms with E-state index in [1.165, 1.54) is 54.9 Å². The Hall–Kier alpha value is -7.68. The van der Waals surface area contributed by atoms with Gasteiger partial charge >= 0.3 is 0 Å². The van der Waals surface area contributed by atoms with Crippen LogP contribution in [0.5, 0.6) is 0 Å². The van der Waals surface area contributed by atoms with Crippen LogP contribution in [0.3, 0.4) is 0 Å². The molecule has 10 aromatic rings. The van der Waals surface area contributed by atoms with Crippen molar-refractivity contribution in [2.24, 2.45) is 0 Å². The van der Waals surface area contributed by atoms with Crippen LogP contribution in [0, 0.1) is 0 Å². The van der Waals surface area contributed by atoms with E-state index >= 15 is 0 Å². The molecule has 0 aliphatic heterocycles. The van der Waals surface area contributed by atoms with Crippen molar-refractivity contribution in [1.29, 1.82) is 0 Å². The number of para-hydroxylation sites is 3. The van der Waals surface area contributed by atoms with Crippen LogP contribution in [0.25, 0.3) is 54.9 Å². The zero-order valence-electron chi connectivity index (χ0n) is 32.0. The lowest BCUT2D eigenvalue weighted by atomic mass is 9.91. The van der Waals surface area contributed by atoms with Crippen molar-refractivity contribution in [1.82, 2.24) is 0 Å². The van der Waals surface area contributed by atoms with Crippen molar-refractivity contribution in [3.8, 4) is 33.4 Å². The highest BCUT2D eigenvalue weighted by Crippen LogP contribution is 2.40. The predicted molar refractivity (Wildman–Crippen MR) is 247 cm³/mol. The summed E-state index contributed by atoms with van der Waals surface area (Å²) in [6, 6.07) is 87.1. The molecule has 0 aliphatic rings. The maximum atomic E-state index is 2.36. The maximum absolute atomic E-state index is 2.36. The zero-order valence-corrected chi connectivity index (χ0v) is 32.0. The Morgan fingerprint density at radius 3 is 1.03 bits per heavy atom. The van der Waals surface area contributed by atoms with E-state index in [0.717, 1.165) is 34.1 Å². The Kier molecular flexibility index (Phi) is 9.27. The lowest BCUT2D eigenvalue weighted by molar-refractivity contribution is 1.28. The van der Waals surface area contributed by atoms with Crippen LogP contribution in [-0.2, 0) is 0 Å². The van der Waals surface area contributed by atoms with Crippen molar-refractivity contribution in [2.75, 3.05) is 9.80 Å². The fraction of sp³-hybridized carbons (Fsp3) is 0. The molecule has 0 aromatic heterocycles. The topological polar surface area (TPSA) is 6.48 Å². The van der Waals surface area contributed by atoms with Gasteiger partial charge in [-0.2, -0.15) is 0 Å². The van der Waals surface area contributed by atoms with E-state index in [1.807, 2.05) is 0 Å². The fourth-order valence-corrected chi connectivity index (χ4v) is 8.17. The van der Waals surface area contributed by atoms with Crippen molar-refractivity contribution in [3.05, 3.63) is 243 Å². The molecule has 10 rings (SSSR count). The number of nitrogens with zero attached hydrogens (tertiary/aromatic N) is 2. The third-order valence-corrected chi connectivity index (χ3v) is 11.0. The Labute approximate surface area is 340 Å². The van der Waals surface area contributed by atoms with Crippen LogP contribution < -0.4 is 9.80 Å². The van der Waals surface area contributed by atoms with Gasteiger partial charge < -0.3 is 9.80 Å². The Morgan fingerprint density at radius 2 is 0.569 bits per heavy atom. The number of hydrogen-bond donors (Lipinski definition) is 0. The lowest BCUT2D eigenvalue weighted by Gasteiger charge is -2.26. The second kappa shape index (κ2) is 15.5. The van der Waals surface area contributed by atoms with Crippen LogP contribution in [0.1, 0.15) is 0 Å². The van der Waals surface area contributed by atoms with Gasteiger partial charge in [-0.3, -0.25) is 0 Å². The fourth-order valence-electron chi connectivity index (χ4n) is 8.17. The first-order chi connectivity index (χ1) is 28.8. The van der Waals surface area contributed by atoms with E-state index in [9.17, 15) is 0 Å². The molecule has 0 aliphatic carbocycles. The monoisotopic (exact) mass is 740 g/mol. The van der Waals surface area contributed by atoms with E-state index in [0.29, 0.717) is 0 Å². The largest absolute Gasteiger partial charge is 0.311 e. The third-order valence-electron chi connectivity index (χ3n) is 11.0. The summed E-state index contributed by atoms with van der Waals surface area (Å²) in [6.45, 7) is 0. The second-order valence-corrected chi connectivity index (χ2v) is 14.6. The van der Waals surface area contributed by atoms with Gasteiger partial charge in [0.15, 0.2) is 0 Å². The number of anilines is 6. The van der Waals surface area contributed by atoms with E-state index < -0.39 is 0 Å². The smallest absolute Gasteiger partial charge is 0.0462 e. The lowest BCUT2D eigenvalue weighted by Crippen LogP contribution is -2.09. The molecule has 0 saturated heterocycles. The Balaban J connectivity index is 0.963. The molecule has 10 aromatic carbocycles. The van der Waals surface area contributed by atoms with Crippen LogP contribution in [-0.4, -0.2) is 0 Å². The zero-order chi connectivity index (χ0) is 38.7. The predicted octanol–water partition coefficient (Wildman–Crippen LogP) is 15.9. The standard InChI is InChI=1S/C56H40N2/c1-5-15-44(16-6-1)55-40-46-17-13-14-24-53(46)54-38-31-45(39-56(54)55)43-29-36-52(37-30-43)58(49-22-11-4-12-23-49)51-34-27-42(28-35-51)41-25-32-50(33-26-41)57(47-18-7-2-8-19-47)48-20-9-3-10-21-48/h1-40H.